The first-order valence-electron chi connectivity index (χ1n) is 6.44. The lowest BCUT2D eigenvalue weighted by atomic mass is 10.1. The maximum Gasteiger partial charge on any atom is 0.151 e. The van der Waals surface area contributed by atoms with E-state index in [1.807, 2.05) is 30.3 Å². The van der Waals surface area contributed by atoms with Crippen molar-refractivity contribution in [1.82, 2.24) is 9.97 Å². The smallest absolute Gasteiger partial charge is 0.151 e. The van der Waals surface area contributed by atoms with Crippen LogP contribution < -0.4 is 5.73 Å². The van der Waals surface area contributed by atoms with Crippen LogP contribution in [0.5, 0.6) is 0 Å². The Morgan fingerprint density at radius 1 is 1.15 bits per heavy atom. The van der Waals surface area contributed by atoms with Crippen LogP contribution in [0.3, 0.4) is 0 Å². The molecule has 6 heteroatoms. The summed E-state index contributed by atoms with van der Waals surface area (Å²) in [7, 11) is -2.95. The van der Waals surface area contributed by atoms with Crippen LogP contribution in [-0.4, -0.2) is 29.9 Å². The van der Waals surface area contributed by atoms with Crippen molar-refractivity contribution in [2.75, 3.05) is 17.2 Å². The van der Waals surface area contributed by atoms with Crippen LogP contribution in [0.4, 0.5) is 5.82 Å². The highest BCUT2D eigenvalue weighted by molar-refractivity contribution is 7.91. The summed E-state index contributed by atoms with van der Waals surface area (Å²) in [5.74, 6) is 1.08. The molecule has 1 fully saturated rings. The van der Waals surface area contributed by atoms with Gasteiger partial charge in [0.25, 0.3) is 0 Å². The molecule has 104 valence electrons. The molecule has 0 aliphatic carbocycles. The molecule has 1 saturated heterocycles. The van der Waals surface area contributed by atoms with Gasteiger partial charge in [-0.1, -0.05) is 30.3 Å². The van der Waals surface area contributed by atoms with E-state index < -0.39 is 9.84 Å². The second-order valence-corrected chi connectivity index (χ2v) is 7.23. The molecule has 1 aromatic carbocycles. The van der Waals surface area contributed by atoms with E-state index in [1.165, 1.54) is 0 Å². The fourth-order valence-corrected chi connectivity index (χ4v) is 4.16. The number of nitrogens with two attached hydrogens (primary N) is 1. The zero-order valence-corrected chi connectivity index (χ0v) is 11.7. The zero-order valence-electron chi connectivity index (χ0n) is 10.9. The van der Waals surface area contributed by atoms with Crippen LogP contribution in [0, 0.1) is 0 Å². The molecule has 0 amide bonds. The minimum atomic E-state index is -2.95. The number of nitrogen functional groups attached to an aromatic ring is 1. The summed E-state index contributed by atoms with van der Waals surface area (Å²) in [4.78, 5) is 8.70. The van der Waals surface area contributed by atoms with Gasteiger partial charge in [-0.2, -0.15) is 0 Å². The van der Waals surface area contributed by atoms with Crippen molar-refractivity contribution in [3.63, 3.8) is 0 Å². The van der Waals surface area contributed by atoms with Gasteiger partial charge in [-0.05, 0) is 6.42 Å². The van der Waals surface area contributed by atoms with Crippen LogP contribution >= 0.6 is 0 Å². The predicted molar refractivity (Wildman–Crippen MR) is 77.9 cm³/mol. The van der Waals surface area contributed by atoms with Crippen molar-refractivity contribution in [3.05, 3.63) is 42.2 Å². The summed E-state index contributed by atoms with van der Waals surface area (Å²) in [6.07, 6.45) is 0.569. The fraction of sp³-hybridized carbons (Fsp3) is 0.286. The Morgan fingerprint density at radius 2 is 1.90 bits per heavy atom. The van der Waals surface area contributed by atoms with Gasteiger partial charge >= 0.3 is 0 Å². The second-order valence-electron chi connectivity index (χ2n) is 5.00. The minimum absolute atomic E-state index is 0.116. The predicted octanol–water partition coefficient (Wildman–Crippen LogP) is 1.63. The van der Waals surface area contributed by atoms with Gasteiger partial charge < -0.3 is 5.73 Å². The van der Waals surface area contributed by atoms with Gasteiger partial charge in [-0.25, -0.2) is 18.4 Å². The Hall–Kier alpha value is -1.95. The standard InChI is InChI=1S/C14H15N3O2S/c15-13-8-12(10-4-2-1-3-5-10)16-14(17-13)11-6-7-20(18,19)9-11/h1-5,8,11H,6-7,9H2,(H2,15,16,17). The molecule has 0 bridgehead atoms. The van der Waals surface area contributed by atoms with Crippen molar-refractivity contribution in [2.45, 2.75) is 12.3 Å². The fourth-order valence-electron chi connectivity index (χ4n) is 2.42. The summed E-state index contributed by atoms with van der Waals surface area (Å²) < 4.78 is 23.1. The Balaban J connectivity index is 2.00. The van der Waals surface area contributed by atoms with Crippen LogP contribution in [0.15, 0.2) is 36.4 Å². The van der Waals surface area contributed by atoms with E-state index in [4.69, 9.17) is 5.73 Å². The highest BCUT2D eigenvalue weighted by atomic mass is 32.2. The summed E-state index contributed by atoms with van der Waals surface area (Å²) in [5, 5.41) is 0. The van der Waals surface area contributed by atoms with Gasteiger partial charge in [0.05, 0.1) is 17.2 Å². The lowest BCUT2D eigenvalue weighted by molar-refractivity contribution is 0.601. The van der Waals surface area contributed by atoms with E-state index in [0.29, 0.717) is 18.1 Å². The van der Waals surface area contributed by atoms with Gasteiger partial charge in [0, 0.05) is 17.5 Å². The molecule has 1 aliphatic heterocycles. The summed E-state index contributed by atoms with van der Waals surface area (Å²) in [6, 6.07) is 11.4. The number of hydrogen-bond acceptors (Lipinski definition) is 5. The molecule has 0 spiro atoms. The average Bonchev–Trinajstić information content (AvgIpc) is 2.79. The molecule has 20 heavy (non-hydrogen) atoms. The van der Waals surface area contributed by atoms with Gasteiger partial charge in [-0.3, -0.25) is 0 Å². The molecule has 2 aromatic rings. The molecule has 1 unspecified atom stereocenters. The van der Waals surface area contributed by atoms with E-state index in [9.17, 15) is 8.42 Å². The first-order valence-corrected chi connectivity index (χ1v) is 8.26. The summed E-state index contributed by atoms with van der Waals surface area (Å²) in [6.45, 7) is 0. The summed E-state index contributed by atoms with van der Waals surface area (Å²) >= 11 is 0. The molecule has 0 radical (unpaired) electrons. The maximum atomic E-state index is 11.6. The van der Waals surface area contributed by atoms with Gasteiger partial charge in [-0.15, -0.1) is 0 Å². The number of hydrogen-bond donors (Lipinski definition) is 1. The molecular weight excluding hydrogens is 274 g/mol. The Labute approximate surface area is 117 Å². The Kier molecular flexibility index (Phi) is 3.17. The molecular formula is C14H15N3O2S. The minimum Gasteiger partial charge on any atom is -0.384 e. The van der Waals surface area contributed by atoms with E-state index in [2.05, 4.69) is 9.97 Å². The largest absolute Gasteiger partial charge is 0.384 e. The highest BCUT2D eigenvalue weighted by Gasteiger charge is 2.31. The number of benzene rings is 1. The van der Waals surface area contributed by atoms with Crippen LogP contribution in [-0.2, 0) is 9.84 Å². The molecule has 3 rings (SSSR count). The third kappa shape index (κ3) is 2.65. The number of anilines is 1. The first kappa shape index (κ1) is 13.1. The van der Waals surface area contributed by atoms with Gasteiger partial charge in [0.15, 0.2) is 9.84 Å². The van der Waals surface area contributed by atoms with E-state index in [0.717, 1.165) is 11.3 Å². The summed E-state index contributed by atoms with van der Waals surface area (Å²) in [5.41, 5.74) is 7.51. The van der Waals surface area contributed by atoms with Crippen molar-refractivity contribution in [1.29, 1.82) is 0 Å². The normalized spacial score (nSPS) is 20.9. The molecule has 1 aromatic heterocycles. The highest BCUT2D eigenvalue weighted by Crippen LogP contribution is 2.28. The van der Waals surface area contributed by atoms with Crippen LogP contribution in [0.1, 0.15) is 18.2 Å². The Bertz CT molecular complexity index is 729. The SMILES string of the molecule is Nc1cc(-c2ccccc2)nc(C2CCS(=O)(=O)C2)n1. The molecule has 1 atom stereocenters. The third-order valence-electron chi connectivity index (χ3n) is 3.43. The molecule has 2 heterocycles. The van der Waals surface area contributed by atoms with Crippen molar-refractivity contribution in [2.24, 2.45) is 0 Å². The van der Waals surface area contributed by atoms with Crippen LogP contribution in [0.2, 0.25) is 0 Å². The van der Waals surface area contributed by atoms with Crippen molar-refractivity contribution >= 4 is 15.7 Å². The first-order chi connectivity index (χ1) is 9.53. The van der Waals surface area contributed by atoms with Crippen molar-refractivity contribution in [3.8, 4) is 11.3 Å². The number of rotatable bonds is 2. The number of nitrogens with zero attached hydrogens (tertiary/aromatic N) is 2. The monoisotopic (exact) mass is 289 g/mol. The number of sulfone groups is 1. The van der Waals surface area contributed by atoms with E-state index >= 15 is 0 Å². The third-order valence-corrected chi connectivity index (χ3v) is 5.20. The average molecular weight is 289 g/mol. The quantitative estimate of drug-likeness (QED) is 0.908. The molecule has 5 nitrogen and oxygen atoms in total. The van der Waals surface area contributed by atoms with Gasteiger partial charge in [0.2, 0.25) is 0 Å². The molecule has 2 N–H and O–H groups in total. The zero-order chi connectivity index (χ0) is 14.2. The molecule has 1 aliphatic rings. The van der Waals surface area contributed by atoms with Crippen molar-refractivity contribution < 1.29 is 8.42 Å². The lowest BCUT2D eigenvalue weighted by Gasteiger charge is -2.09. The topological polar surface area (TPSA) is 85.9 Å². The molecule has 0 saturated carbocycles. The van der Waals surface area contributed by atoms with E-state index in [1.54, 1.807) is 6.07 Å². The van der Waals surface area contributed by atoms with Gasteiger partial charge in [0.1, 0.15) is 11.6 Å². The maximum absolute atomic E-state index is 11.6. The van der Waals surface area contributed by atoms with Crippen LogP contribution in [0.25, 0.3) is 11.3 Å². The lowest BCUT2D eigenvalue weighted by Crippen LogP contribution is -2.09. The second kappa shape index (κ2) is 4.86. The number of aromatic nitrogens is 2. The Morgan fingerprint density at radius 3 is 2.55 bits per heavy atom. The van der Waals surface area contributed by atoms with E-state index in [-0.39, 0.29) is 17.4 Å².